The van der Waals surface area contributed by atoms with Crippen LogP contribution in [-0.2, 0) is 0 Å². The van der Waals surface area contributed by atoms with Crippen LogP contribution in [0.2, 0.25) is 0 Å². The minimum atomic E-state index is 0.811. The number of rotatable bonds is 1. The molecular formula is C10H9N3. The van der Waals surface area contributed by atoms with Crippen molar-refractivity contribution in [2.24, 2.45) is 0 Å². The van der Waals surface area contributed by atoms with E-state index in [0.29, 0.717) is 0 Å². The van der Waals surface area contributed by atoms with Gasteiger partial charge in [0.2, 0.25) is 0 Å². The SMILES string of the molecule is Cc1cccc(-c2cnccn2)n1. The maximum absolute atomic E-state index is 4.34. The molecule has 2 rings (SSSR count). The number of hydrogen-bond acceptors (Lipinski definition) is 3. The molecule has 0 atom stereocenters. The number of hydrogen-bond donors (Lipinski definition) is 0. The Bertz CT molecular complexity index is 398. The van der Waals surface area contributed by atoms with Crippen LogP contribution in [0.5, 0.6) is 0 Å². The maximum atomic E-state index is 4.34. The van der Waals surface area contributed by atoms with Gasteiger partial charge in [-0.25, -0.2) is 0 Å². The van der Waals surface area contributed by atoms with Gasteiger partial charge in [0.25, 0.3) is 0 Å². The number of aryl methyl sites for hydroxylation is 1. The Morgan fingerprint density at radius 2 is 2.00 bits per heavy atom. The second kappa shape index (κ2) is 3.31. The summed E-state index contributed by atoms with van der Waals surface area (Å²) in [5, 5.41) is 0. The van der Waals surface area contributed by atoms with Crippen molar-refractivity contribution in [1.82, 2.24) is 15.0 Å². The topological polar surface area (TPSA) is 38.7 Å². The Morgan fingerprint density at radius 3 is 2.69 bits per heavy atom. The first-order valence-electron chi connectivity index (χ1n) is 4.06. The Hall–Kier alpha value is -1.77. The Morgan fingerprint density at radius 1 is 1.08 bits per heavy atom. The molecule has 0 bridgehead atoms. The molecular weight excluding hydrogens is 162 g/mol. The second-order valence-corrected chi connectivity index (χ2v) is 2.75. The van der Waals surface area contributed by atoms with E-state index in [1.54, 1.807) is 18.6 Å². The van der Waals surface area contributed by atoms with Gasteiger partial charge in [0.05, 0.1) is 11.9 Å². The van der Waals surface area contributed by atoms with Crippen LogP contribution in [0, 0.1) is 6.92 Å². The summed E-state index contributed by atoms with van der Waals surface area (Å²) in [5.41, 5.74) is 2.67. The molecule has 0 aromatic carbocycles. The molecule has 0 amide bonds. The van der Waals surface area contributed by atoms with E-state index in [9.17, 15) is 0 Å². The van der Waals surface area contributed by atoms with Gasteiger partial charge in [-0.2, -0.15) is 0 Å². The van der Waals surface area contributed by atoms with Crippen LogP contribution in [0.1, 0.15) is 5.69 Å². The summed E-state index contributed by atoms with van der Waals surface area (Å²) >= 11 is 0. The molecule has 0 aliphatic carbocycles. The van der Waals surface area contributed by atoms with Crippen LogP contribution < -0.4 is 0 Å². The minimum absolute atomic E-state index is 0.811. The van der Waals surface area contributed by atoms with Crippen molar-refractivity contribution in [2.45, 2.75) is 6.92 Å². The molecule has 0 aliphatic rings. The Balaban J connectivity index is 2.48. The van der Waals surface area contributed by atoms with Crippen molar-refractivity contribution < 1.29 is 0 Å². The fourth-order valence-corrected chi connectivity index (χ4v) is 1.12. The van der Waals surface area contributed by atoms with E-state index >= 15 is 0 Å². The van der Waals surface area contributed by atoms with Gasteiger partial charge in [0, 0.05) is 18.1 Å². The van der Waals surface area contributed by atoms with E-state index in [1.165, 1.54) is 0 Å². The van der Waals surface area contributed by atoms with Gasteiger partial charge in [-0.05, 0) is 19.1 Å². The molecule has 0 radical (unpaired) electrons. The van der Waals surface area contributed by atoms with Gasteiger partial charge < -0.3 is 0 Å². The fourth-order valence-electron chi connectivity index (χ4n) is 1.12. The molecule has 3 nitrogen and oxygen atoms in total. The molecule has 0 aliphatic heterocycles. The summed E-state index contributed by atoms with van der Waals surface area (Å²) in [6, 6.07) is 5.85. The van der Waals surface area contributed by atoms with Crippen molar-refractivity contribution in [3.05, 3.63) is 42.5 Å². The van der Waals surface area contributed by atoms with Crippen LogP contribution in [0.3, 0.4) is 0 Å². The lowest BCUT2D eigenvalue weighted by atomic mass is 10.2. The third-order valence-corrected chi connectivity index (χ3v) is 1.71. The van der Waals surface area contributed by atoms with Gasteiger partial charge in [-0.15, -0.1) is 0 Å². The Kier molecular flexibility index (Phi) is 2.00. The molecule has 0 fully saturated rings. The number of aromatic nitrogens is 3. The van der Waals surface area contributed by atoms with Crippen LogP contribution in [0.25, 0.3) is 11.4 Å². The standard InChI is InChI=1S/C10H9N3/c1-8-3-2-4-9(13-8)10-7-11-5-6-12-10/h2-7H,1H3. The van der Waals surface area contributed by atoms with E-state index < -0.39 is 0 Å². The predicted molar refractivity (Wildman–Crippen MR) is 50.0 cm³/mol. The van der Waals surface area contributed by atoms with Crippen molar-refractivity contribution in [3.8, 4) is 11.4 Å². The molecule has 13 heavy (non-hydrogen) atoms. The zero-order valence-electron chi connectivity index (χ0n) is 7.31. The van der Waals surface area contributed by atoms with Gasteiger partial charge in [-0.1, -0.05) is 6.07 Å². The average Bonchev–Trinajstić information content (AvgIpc) is 2.19. The lowest BCUT2D eigenvalue weighted by Gasteiger charge is -1.98. The largest absolute Gasteiger partial charge is 0.261 e. The molecule has 3 heteroatoms. The van der Waals surface area contributed by atoms with E-state index in [4.69, 9.17) is 0 Å². The lowest BCUT2D eigenvalue weighted by Crippen LogP contribution is -1.89. The van der Waals surface area contributed by atoms with E-state index in [0.717, 1.165) is 17.1 Å². The first-order chi connectivity index (χ1) is 6.36. The van der Waals surface area contributed by atoms with Crippen molar-refractivity contribution in [2.75, 3.05) is 0 Å². The monoisotopic (exact) mass is 171 g/mol. The van der Waals surface area contributed by atoms with Crippen molar-refractivity contribution in [3.63, 3.8) is 0 Å². The van der Waals surface area contributed by atoms with Gasteiger partial charge in [-0.3, -0.25) is 15.0 Å². The molecule has 0 saturated carbocycles. The third kappa shape index (κ3) is 1.69. The smallest absolute Gasteiger partial charge is 0.107 e. The summed E-state index contributed by atoms with van der Waals surface area (Å²) in [6.07, 6.45) is 5.03. The molecule has 2 heterocycles. The first-order valence-corrected chi connectivity index (χ1v) is 4.06. The summed E-state index contributed by atoms with van der Waals surface area (Å²) in [6.45, 7) is 1.96. The van der Waals surface area contributed by atoms with Crippen LogP contribution >= 0.6 is 0 Å². The molecule has 0 N–H and O–H groups in total. The van der Waals surface area contributed by atoms with Crippen LogP contribution in [0.15, 0.2) is 36.8 Å². The molecule has 0 spiro atoms. The number of nitrogens with zero attached hydrogens (tertiary/aromatic N) is 3. The quantitative estimate of drug-likeness (QED) is 0.657. The average molecular weight is 171 g/mol. The summed E-state index contributed by atoms with van der Waals surface area (Å²) in [5.74, 6) is 0. The Labute approximate surface area is 76.5 Å². The summed E-state index contributed by atoms with van der Waals surface area (Å²) < 4.78 is 0. The van der Waals surface area contributed by atoms with Gasteiger partial charge in [0.15, 0.2) is 0 Å². The highest BCUT2D eigenvalue weighted by Crippen LogP contribution is 2.11. The first kappa shape index (κ1) is 7.86. The zero-order chi connectivity index (χ0) is 9.10. The summed E-state index contributed by atoms with van der Waals surface area (Å²) in [4.78, 5) is 12.5. The van der Waals surface area contributed by atoms with E-state index in [2.05, 4.69) is 15.0 Å². The van der Waals surface area contributed by atoms with Gasteiger partial charge >= 0.3 is 0 Å². The normalized spacial score (nSPS) is 9.92. The lowest BCUT2D eigenvalue weighted by molar-refractivity contribution is 1.14. The van der Waals surface area contributed by atoms with Crippen molar-refractivity contribution >= 4 is 0 Å². The molecule has 0 saturated heterocycles. The van der Waals surface area contributed by atoms with Crippen LogP contribution in [0.4, 0.5) is 0 Å². The predicted octanol–water partition coefficient (Wildman–Crippen LogP) is 1.85. The zero-order valence-corrected chi connectivity index (χ0v) is 7.31. The molecule has 0 unspecified atom stereocenters. The van der Waals surface area contributed by atoms with Gasteiger partial charge in [0.1, 0.15) is 5.69 Å². The third-order valence-electron chi connectivity index (χ3n) is 1.71. The molecule has 2 aromatic heterocycles. The minimum Gasteiger partial charge on any atom is -0.261 e. The summed E-state index contributed by atoms with van der Waals surface area (Å²) in [7, 11) is 0. The maximum Gasteiger partial charge on any atom is 0.107 e. The highest BCUT2D eigenvalue weighted by molar-refractivity contribution is 5.52. The highest BCUT2D eigenvalue weighted by Gasteiger charge is 1.98. The second-order valence-electron chi connectivity index (χ2n) is 2.75. The molecule has 64 valence electrons. The highest BCUT2D eigenvalue weighted by atomic mass is 14.8. The molecule has 2 aromatic rings. The fraction of sp³-hybridized carbons (Fsp3) is 0.100. The number of pyridine rings is 1. The van der Waals surface area contributed by atoms with Crippen molar-refractivity contribution in [1.29, 1.82) is 0 Å². The van der Waals surface area contributed by atoms with E-state index in [1.807, 2.05) is 25.1 Å². The van der Waals surface area contributed by atoms with E-state index in [-0.39, 0.29) is 0 Å². The van der Waals surface area contributed by atoms with Crippen LogP contribution in [-0.4, -0.2) is 15.0 Å².